The van der Waals surface area contributed by atoms with Crippen molar-refractivity contribution >= 4 is 33.9 Å². The summed E-state index contributed by atoms with van der Waals surface area (Å²) in [5, 5.41) is 23.1. The minimum atomic E-state index is -0.404. The maximum absolute atomic E-state index is 10.5. The predicted octanol–water partition coefficient (Wildman–Crippen LogP) is 2.78. The number of nitro groups is 1. The van der Waals surface area contributed by atoms with Gasteiger partial charge in [-0.3, -0.25) is 10.1 Å². The Bertz CT molecular complexity index is 541. The molecule has 1 heterocycles. The van der Waals surface area contributed by atoms with Crippen molar-refractivity contribution in [2.75, 3.05) is 12.4 Å². The van der Waals surface area contributed by atoms with Gasteiger partial charge in [-0.05, 0) is 12.1 Å². The van der Waals surface area contributed by atoms with Crippen LogP contribution in [-0.4, -0.2) is 22.2 Å². The minimum absolute atomic E-state index is 0.104. The van der Waals surface area contributed by atoms with Gasteiger partial charge in [-0.1, -0.05) is 11.3 Å². The quantitative estimate of drug-likeness (QED) is 0.516. The van der Waals surface area contributed by atoms with E-state index in [4.69, 9.17) is 0 Å². The van der Waals surface area contributed by atoms with Gasteiger partial charge in [0, 0.05) is 24.1 Å². The molecular formula is C10H10N4O2S2. The molecule has 0 radical (unpaired) electrons. The van der Waals surface area contributed by atoms with E-state index in [0.717, 1.165) is 15.0 Å². The number of nitrogens with one attached hydrogen (secondary N) is 1. The van der Waals surface area contributed by atoms with Gasteiger partial charge in [0.05, 0.1) is 10.7 Å². The van der Waals surface area contributed by atoms with Crippen LogP contribution in [0.1, 0.15) is 5.01 Å². The molecule has 0 saturated heterocycles. The topological polar surface area (TPSA) is 81.0 Å². The number of hydrogen-bond acceptors (Lipinski definition) is 7. The third kappa shape index (κ3) is 3.17. The predicted molar refractivity (Wildman–Crippen MR) is 72.1 cm³/mol. The average molecular weight is 282 g/mol. The van der Waals surface area contributed by atoms with Crippen molar-refractivity contribution in [2.45, 2.75) is 10.6 Å². The van der Waals surface area contributed by atoms with E-state index in [9.17, 15) is 10.1 Å². The number of benzene rings is 1. The largest absolute Gasteiger partial charge is 0.363 e. The first-order valence-electron chi connectivity index (χ1n) is 5.06. The van der Waals surface area contributed by atoms with E-state index in [1.54, 1.807) is 30.9 Å². The Morgan fingerprint density at radius 3 is 2.67 bits per heavy atom. The molecule has 2 rings (SSSR count). The third-order valence-electron chi connectivity index (χ3n) is 2.09. The van der Waals surface area contributed by atoms with Crippen LogP contribution < -0.4 is 5.32 Å². The van der Waals surface area contributed by atoms with Crippen LogP contribution in [0.15, 0.2) is 29.2 Å². The summed E-state index contributed by atoms with van der Waals surface area (Å²) >= 11 is 3.07. The lowest BCUT2D eigenvalue weighted by Gasteiger charge is -1.98. The maximum Gasteiger partial charge on any atom is 0.269 e. The molecule has 8 heteroatoms. The van der Waals surface area contributed by atoms with Crippen molar-refractivity contribution in [2.24, 2.45) is 0 Å². The van der Waals surface area contributed by atoms with Gasteiger partial charge < -0.3 is 5.32 Å². The van der Waals surface area contributed by atoms with Crippen molar-refractivity contribution in [3.8, 4) is 0 Å². The molecule has 0 aliphatic rings. The first kappa shape index (κ1) is 12.8. The Morgan fingerprint density at radius 1 is 1.39 bits per heavy atom. The van der Waals surface area contributed by atoms with Crippen molar-refractivity contribution in [3.63, 3.8) is 0 Å². The molecular weight excluding hydrogens is 272 g/mol. The zero-order valence-corrected chi connectivity index (χ0v) is 11.1. The second-order valence-electron chi connectivity index (χ2n) is 3.29. The lowest BCUT2D eigenvalue weighted by molar-refractivity contribution is -0.384. The number of rotatable bonds is 5. The fraction of sp³-hybridized carbons (Fsp3) is 0.200. The standard InChI is InChI=1S/C10H10N4O2S2/c1-11-10-13-12-9(18-10)6-17-8-4-2-7(3-5-8)14(15)16/h2-5H,6H2,1H3,(H,11,13). The molecule has 94 valence electrons. The van der Waals surface area contributed by atoms with E-state index in [1.807, 2.05) is 0 Å². The van der Waals surface area contributed by atoms with Crippen LogP contribution in [0.25, 0.3) is 0 Å². The fourth-order valence-corrected chi connectivity index (χ4v) is 2.80. The fourth-order valence-electron chi connectivity index (χ4n) is 1.22. The first-order chi connectivity index (χ1) is 8.69. The number of anilines is 1. The molecule has 2 aromatic rings. The summed E-state index contributed by atoms with van der Waals surface area (Å²) in [7, 11) is 1.80. The molecule has 0 amide bonds. The summed E-state index contributed by atoms with van der Waals surface area (Å²) in [5.41, 5.74) is 0.104. The third-order valence-corrected chi connectivity index (χ3v) is 4.24. The molecule has 0 fully saturated rings. The Kier molecular flexibility index (Phi) is 4.11. The molecule has 1 aromatic heterocycles. The smallest absolute Gasteiger partial charge is 0.269 e. The van der Waals surface area contributed by atoms with Crippen LogP contribution in [0, 0.1) is 10.1 Å². The summed E-state index contributed by atoms with van der Waals surface area (Å²) in [4.78, 5) is 11.1. The number of non-ortho nitro benzene ring substituents is 1. The van der Waals surface area contributed by atoms with E-state index in [1.165, 1.54) is 23.5 Å². The Balaban J connectivity index is 1.95. The van der Waals surface area contributed by atoms with Crippen LogP contribution in [0.4, 0.5) is 10.8 Å². The Labute approximate surface area is 112 Å². The van der Waals surface area contributed by atoms with E-state index in [0.29, 0.717) is 5.75 Å². The molecule has 1 N–H and O–H groups in total. The van der Waals surface area contributed by atoms with Gasteiger partial charge in [-0.25, -0.2) is 0 Å². The highest BCUT2D eigenvalue weighted by atomic mass is 32.2. The summed E-state index contributed by atoms with van der Waals surface area (Å²) in [5.74, 6) is 0.706. The van der Waals surface area contributed by atoms with Crippen LogP contribution >= 0.6 is 23.1 Å². The second-order valence-corrected chi connectivity index (χ2v) is 5.40. The molecule has 1 aromatic carbocycles. The summed E-state index contributed by atoms with van der Waals surface area (Å²) in [6.45, 7) is 0. The lowest BCUT2D eigenvalue weighted by atomic mass is 10.3. The van der Waals surface area contributed by atoms with Crippen molar-refractivity contribution in [3.05, 3.63) is 39.4 Å². The minimum Gasteiger partial charge on any atom is -0.363 e. The maximum atomic E-state index is 10.5. The van der Waals surface area contributed by atoms with Crippen molar-refractivity contribution in [1.82, 2.24) is 10.2 Å². The van der Waals surface area contributed by atoms with E-state index < -0.39 is 4.92 Å². The van der Waals surface area contributed by atoms with E-state index in [-0.39, 0.29) is 5.69 Å². The SMILES string of the molecule is CNc1nnc(CSc2ccc([N+](=O)[O-])cc2)s1. The van der Waals surface area contributed by atoms with Gasteiger partial charge >= 0.3 is 0 Å². The highest BCUT2D eigenvalue weighted by Gasteiger charge is 2.06. The number of nitro benzene ring substituents is 1. The summed E-state index contributed by atoms with van der Waals surface area (Å²) in [6.07, 6.45) is 0. The van der Waals surface area contributed by atoms with Gasteiger partial charge in [-0.15, -0.1) is 22.0 Å². The van der Waals surface area contributed by atoms with Gasteiger partial charge in [0.2, 0.25) is 5.13 Å². The molecule has 0 unspecified atom stereocenters. The zero-order valence-electron chi connectivity index (χ0n) is 9.49. The number of aromatic nitrogens is 2. The van der Waals surface area contributed by atoms with Crippen LogP contribution in [0.3, 0.4) is 0 Å². The molecule has 0 saturated carbocycles. The average Bonchev–Trinajstić information content (AvgIpc) is 2.85. The van der Waals surface area contributed by atoms with Crippen molar-refractivity contribution in [1.29, 1.82) is 0 Å². The summed E-state index contributed by atoms with van der Waals surface area (Å²) < 4.78 is 0. The molecule has 0 spiro atoms. The number of nitrogens with zero attached hydrogens (tertiary/aromatic N) is 3. The van der Waals surface area contributed by atoms with Crippen molar-refractivity contribution < 1.29 is 4.92 Å². The highest BCUT2D eigenvalue weighted by molar-refractivity contribution is 7.98. The Hall–Kier alpha value is -1.67. The van der Waals surface area contributed by atoms with Gasteiger partial charge in [0.15, 0.2) is 0 Å². The highest BCUT2D eigenvalue weighted by Crippen LogP contribution is 2.26. The van der Waals surface area contributed by atoms with Crippen LogP contribution in [0.2, 0.25) is 0 Å². The number of hydrogen-bond donors (Lipinski definition) is 1. The van der Waals surface area contributed by atoms with Crippen LogP contribution in [0.5, 0.6) is 0 Å². The first-order valence-corrected chi connectivity index (χ1v) is 6.86. The van der Waals surface area contributed by atoms with Gasteiger partial charge in [-0.2, -0.15) is 0 Å². The molecule has 0 aliphatic carbocycles. The van der Waals surface area contributed by atoms with Gasteiger partial charge in [0.25, 0.3) is 5.69 Å². The monoisotopic (exact) mass is 282 g/mol. The normalized spacial score (nSPS) is 10.3. The number of thioether (sulfide) groups is 1. The molecule has 6 nitrogen and oxygen atoms in total. The molecule has 0 atom stereocenters. The van der Waals surface area contributed by atoms with Gasteiger partial charge in [0.1, 0.15) is 5.01 Å². The van der Waals surface area contributed by atoms with E-state index >= 15 is 0 Å². The lowest BCUT2D eigenvalue weighted by Crippen LogP contribution is -1.86. The second kappa shape index (κ2) is 5.78. The Morgan fingerprint density at radius 2 is 2.11 bits per heavy atom. The molecule has 0 aliphatic heterocycles. The van der Waals surface area contributed by atoms with Crippen LogP contribution in [-0.2, 0) is 5.75 Å². The molecule has 18 heavy (non-hydrogen) atoms. The zero-order chi connectivity index (χ0) is 13.0. The summed E-state index contributed by atoms with van der Waals surface area (Å²) in [6, 6.07) is 6.48. The van der Waals surface area contributed by atoms with E-state index in [2.05, 4.69) is 15.5 Å². The molecule has 0 bridgehead atoms.